The predicted molar refractivity (Wildman–Crippen MR) is 110 cm³/mol. The largest absolute Gasteiger partial charge is 0.456 e. The summed E-state index contributed by atoms with van der Waals surface area (Å²) in [5.41, 5.74) is 1.25. The maximum absolute atomic E-state index is 11.2. The molecule has 0 bridgehead atoms. The van der Waals surface area contributed by atoms with Crippen LogP contribution in [-0.2, 0) is 0 Å². The van der Waals surface area contributed by atoms with E-state index in [-0.39, 0.29) is 5.69 Å². The van der Waals surface area contributed by atoms with E-state index in [0.717, 1.165) is 14.6 Å². The second-order valence-electron chi connectivity index (χ2n) is 5.65. The van der Waals surface area contributed by atoms with Crippen molar-refractivity contribution in [3.63, 3.8) is 0 Å². The second-order valence-corrected chi connectivity index (χ2v) is 7.97. The van der Waals surface area contributed by atoms with Gasteiger partial charge in [0.05, 0.1) is 25.6 Å². The lowest BCUT2D eigenvalue weighted by molar-refractivity contribution is -0.384. The molecule has 0 atom stereocenters. The molecule has 6 nitrogen and oxygen atoms in total. The second kappa shape index (κ2) is 7.68. The van der Waals surface area contributed by atoms with E-state index in [1.54, 1.807) is 36.4 Å². The van der Waals surface area contributed by atoms with Crippen LogP contribution in [0.2, 0.25) is 0 Å². The number of hydrogen-bond acceptors (Lipinski definition) is 7. The number of nitrogens with zero attached hydrogens (tertiary/aromatic N) is 3. The summed E-state index contributed by atoms with van der Waals surface area (Å²) in [6, 6.07) is 19.6. The number of thioether (sulfide) groups is 1. The minimum absolute atomic E-state index is 0.0308. The van der Waals surface area contributed by atoms with Crippen molar-refractivity contribution in [2.24, 2.45) is 0 Å². The number of furan rings is 1. The Kier molecular flexibility index (Phi) is 4.93. The normalized spacial score (nSPS) is 11.5. The zero-order valence-corrected chi connectivity index (χ0v) is 15.9. The maximum Gasteiger partial charge on any atom is 0.280 e. The fourth-order valence-electron chi connectivity index (χ4n) is 2.62. The molecule has 0 saturated heterocycles. The maximum atomic E-state index is 11.2. The molecule has 0 aliphatic rings. The number of aromatic nitrogens is 1. The van der Waals surface area contributed by atoms with Gasteiger partial charge in [-0.1, -0.05) is 24.3 Å². The number of nitro benzene ring substituents is 1. The molecule has 0 aliphatic heterocycles. The molecule has 0 amide bonds. The highest BCUT2D eigenvalue weighted by Gasteiger charge is 2.17. The summed E-state index contributed by atoms with van der Waals surface area (Å²) in [4.78, 5) is 15.7. The molecular formula is C20H11N3O3S2. The highest BCUT2D eigenvalue weighted by molar-refractivity contribution is 8.05. The summed E-state index contributed by atoms with van der Waals surface area (Å²) in [7, 11) is 0. The lowest BCUT2D eigenvalue weighted by Crippen LogP contribution is -1.90. The summed E-state index contributed by atoms with van der Waals surface area (Å²) >= 11 is 2.77. The number of thiazole rings is 1. The van der Waals surface area contributed by atoms with Crippen LogP contribution in [0.5, 0.6) is 0 Å². The minimum atomic E-state index is -0.447. The fraction of sp³-hybridized carbons (Fsp3) is 0. The molecule has 4 aromatic rings. The van der Waals surface area contributed by atoms with Gasteiger partial charge in [-0.05, 0) is 42.1 Å². The van der Waals surface area contributed by atoms with Crippen molar-refractivity contribution < 1.29 is 9.34 Å². The van der Waals surface area contributed by atoms with E-state index in [9.17, 15) is 15.4 Å². The Morgan fingerprint density at radius 2 is 1.96 bits per heavy atom. The van der Waals surface area contributed by atoms with Crippen molar-refractivity contribution in [3.8, 4) is 17.4 Å². The fourth-order valence-corrected chi connectivity index (χ4v) is 4.57. The van der Waals surface area contributed by atoms with Crippen LogP contribution in [0.1, 0.15) is 5.76 Å². The van der Waals surface area contributed by atoms with E-state index < -0.39 is 4.92 Å². The Morgan fingerprint density at radius 3 is 2.75 bits per heavy atom. The molecule has 0 fully saturated rings. The zero-order chi connectivity index (χ0) is 19.5. The molecule has 28 heavy (non-hydrogen) atoms. The molecule has 0 unspecified atom stereocenters. The summed E-state index contributed by atoms with van der Waals surface area (Å²) < 4.78 is 7.55. The number of rotatable bonds is 5. The third kappa shape index (κ3) is 3.67. The first-order chi connectivity index (χ1) is 13.6. The van der Waals surface area contributed by atoms with Gasteiger partial charge in [0, 0.05) is 12.1 Å². The predicted octanol–water partition coefficient (Wildman–Crippen LogP) is 6.12. The lowest BCUT2D eigenvalue weighted by atomic mass is 10.1. The molecule has 0 radical (unpaired) electrons. The molecule has 0 spiro atoms. The number of nitro groups is 1. The van der Waals surface area contributed by atoms with E-state index in [2.05, 4.69) is 11.1 Å². The molecule has 8 heteroatoms. The van der Waals surface area contributed by atoms with Crippen molar-refractivity contribution in [1.82, 2.24) is 4.98 Å². The van der Waals surface area contributed by atoms with Crippen molar-refractivity contribution in [2.45, 2.75) is 4.34 Å². The Bertz CT molecular complexity index is 1220. The van der Waals surface area contributed by atoms with Gasteiger partial charge in [0.25, 0.3) is 5.69 Å². The van der Waals surface area contributed by atoms with Crippen LogP contribution in [0.15, 0.2) is 74.3 Å². The van der Waals surface area contributed by atoms with Crippen LogP contribution in [0, 0.1) is 21.4 Å². The number of benzene rings is 2. The van der Waals surface area contributed by atoms with Crippen LogP contribution in [0.25, 0.3) is 27.6 Å². The molecule has 2 aromatic carbocycles. The van der Waals surface area contributed by atoms with Crippen LogP contribution >= 0.6 is 23.1 Å². The summed E-state index contributed by atoms with van der Waals surface area (Å²) in [5, 5.41) is 20.7. The average Bonchev–Trinajstić information content (AvgIpc) is 3.33. The van der Waals surface area contributed by atoms with E-state index in [0.29, 0.717) is 22.0 Å². The molecule has 0 N–H and O–H groups in total. The van der Waals surface area contributed by atoms with Crippen molar-refractivity contribution in [3.05, 3.63) is 81.4 Å². The lowest BCUT2D eigenvalue weighted by Gasteiger charge is -1.98. The first-order valence-corrected chi connectivity index (χ1v) is 9.76. The van der Waals surface area contributed by atoms with Gasteiger partial charge >= 0.3 is 0 Å². The van der Waals surface area contributed by atoms with Gasteiger partial charge in [0.1, 0.15) is 17.6 Å². The van der Waals surface area contributed by atoms with Gasteiger partial charge in [-0.2, -0.15) is 5.26 Å². The molecule has 136 valence electrons. The first-order valence-electron chi connectivity index (χ1n) is 8.13. The van der Waals surface area contributed by atoms with E-state index >= 15 is 0 Å². The zero-order valence-electron chi connectivity index (χ0n) is 14.2. The van der Waals surface area contributed by atoms with Gasteiger partial charge in [-0.15, -0.1) is 11.3 Å². The summed E-state index contributed by atoms with van der Waals surface area (Å²) in [6.45, 7) is 0. The van der Waals surface area contributed by atoms with Gasteiger partial charge in [0.15, 0.2) is 4.34 Å². The monoisotopic (exact) mass is 405 g/mol. The SMILES string of the molecule is N#C/C(=C\c1ccc(-c2ccccc2[N+](=O)[O-])o1)Sc1nc2ccccc2s1. The smallest absolute Gasteiger partial charge is 0.280 e. The van der Waals surface area contributed by atoms with E-state index in [1.807, 2.05) is 24.3 Å². The van der Waals surface area contributed by atoms with E-state index in [1.165, 1.54) is 29.2 Å². The van der Waals surface area contributed by atoms with Gasteiger partial charge in [-0.25, -0.2) is 4.98 Å². The number of nitriles is 1. The number of fused-ring (bicyclic) bond motifs is 1. The quantitative estimate of drug-likeness (QED) is 0.172. The molecular weight excluding hydrogens is 394 g/mol. The van der Waals surface area contributed by atoms with Crippen LogP contribution < -0.4 is 0 Å². The van der Waals surface area contributed by atoms with E-state index in [4.69, 9.17) is 4.42 Å². The summed E-state index contributed by atoms with van der Waals surface area (Å²) in [5.74, 6) is 0.819. The highest BCUT2D eigenvalue weighted by Crippen LogP contribution is 2.35. The third-order valence-corrected chi connectivity index (χ3v) is 5.87. The Hall–Kier alpha value is -3.41. The summed E-state index contributed by atoms with van der Waals surface area (Å²) in [6.07, 6.45) is 1.61. The standard InChI is InChI=1S/C20H11N3O3S2/c21-12-14(27-20-22-16-6-2-4-8-19(16)28-20)11-13-9-10-18(26-13)15-5-1-3-7-17(15)23(24)25/h1-11H/b14-11+. The molecule has 4 rings (SSSR count). The minimum Gasteiger partial charge on any atom is -0.456 e. The van der Waals surface area contributed by atoms with Crippen LogP contribution in [-0.4, -0.2) is 9.91 Å². The Balaban J connectivity index is 1.61. The third-order valence-electron chi connectivity index (χ3n) is 3.85. The van der Waals surface area contributed by atoms with Crippen molar-refractivity contribution in [2.75, 3.05) is 0 Å². The Morgan fingerprint density at radius 1 is 1.18 bits per heavy atom. The van der Waals surface area contributed by atoms with Crippen LogP contribution in [0.3, 0.4) is 0 Å². The van der Waals surface area contributed by atoms with Gasteiger partial charge < -0.3 is 4.42 Å². The first kappa shape index (κ1) is 18.0. The van der Waals surface area contributed by atoms with Gasteiger partial charge in [0.2, 0.25) is 0 Å². The molecule has 0 saturated carbocycles. The number of allylic oxidation sites excluding steroid dienone is 1. The van der Waals surface area contributed by atoms with Crippen molar-refractivity contribution >= 4 is 45.1 Å². The highest BCUT2D eigenvalue weighted by atomic mass is 32.2. The number of hydrogen-bond donors (Lipinski definition) is 0. The van der Waals surface area contributed by atoms with Crippen LogP contribution in [0.4, 0.5) is 5.69 Å². The average molecular weight is 405 g/mol. The number of para-hydroxylation sites is 2. The topological polar surface area (TPSA) is 93.0 Å². The molecule has 2 aromatic heterocycles. The van der Waals surface area contributed by atoms with Crippen molar-refractivity contribution in [1.29, 1.82) is 5.26 Å². The Labute approximate surface area is 167 Å². The molecule has 0 aliphatic carbocycles. The van der Waals surface area contributed by atoms with Gasteiger partial charge in [-0.3, -0.25) is 10.1 Å². The molecule has 2 heterocycles.